The quantitative estimate of drug-likeness (QED) is 0.901. The summed E-state index contributed by atoms with van der Waals surface area (Å²) in [6, 6.07) is 5.78. The van der Waals surface area contributed by atoms with E-state index in [9.17, 15) is 5.11 Å². The number of aromatic nitrogens is 1. The molecule has 0 saturated carbocycles. The second kappa shape index (κ2) is 5.23. The van der Waals surface area contributed by atoms with Gasteiger partial charge in [-0.25, -0.2) is 0 Å². The number of pyridine rings is 1. The third-order valence-electron chi connectivity index (χ3n) is 3.01. The summed E-state index contributed by atoms with van der Waals surface area (Å²) in [5, 5.41) is 9.41. The molecular weight excluding hydrogens is 228 g/mol. The van der Waals surface area contributed by atoms with Gasteiger partial charge in [-0.2, -0.15) is 0 Å². The summed E-state index contributed by atoms with van der Waals surface area (Å²) in [5.41, 5.74) is 2.86. The minimum Gasteiger partial charge on any atom is -0.469 e. The highest BCUT2D eigenvalue weighted by atomic mass is 16.3. The van der Waals surface area contributed by atoms with Gasteiger partial charge >= 0.3 is 0 Å². The predicted octanol–water partition coefficient (Wildman–Crippen LogP) is 2.67. The van der Waals surface area contributed by atoms with Crippen LogP contribution in [-0.4, -0.2) is 17.1 Å². The van der Waals surface area contributed by atoms with Crippen LogP contribution in [0.5, 0.6) is 0 Å². The van der Waals surface area contributed by atoms with Crippen molar-refractivity contribution in [2.24, 2.45) is 0 Å². The van der Waals surface area contributed by atoms with Crippen LogP contribution in [0.3, 0.4) is 0 Å². The van der Waals surface area contributed by atoms with Gasteiger partial charge in [0.2, 0.25) is 0 Å². The average molecular weight is 246 g/mol. The zero-order valence-corrected chi connectivity index (χ0v) is 10.9. The number of rotatable bonds is 4. The summed E-state index contributed by atoms with van der Waals surface area (Å²) in [6.45, 7) is 4.44. The van der Waals surface area contributed by atoms with Crippen molar-refractivity contribution in [3.05, 3.63) is 47.7 Å². The molecule has 1 N–H and O–H groups in total. The molecule has 18 heavy (non-hydrogen) atoms. The Hall–Kier alpha value is -1.81. The van der Waals surface area contributed by atoms with Gasteiger partial charge in [0.1, 0.15) is 5.76 Å². The van der Waals surface area contributed by atoms with Crippen LogP contribution in [0.4, 0.5) is 5.69 Å². The van der Waals surface area contributed by atoms with Gasteiger partial charge in [-0.05, 0) is 32.0 Å². The molecule has 2 heterocycles. The SMILES string of the molecule is Cc1occc1CN(C)c1ccc([C@@H](C)O)nc1. The molecule has 0 radical (unpaired) electrons. The van der Waals surface area contributed by atoms with E-state index in [1.165, 1.54) is 0 Å². The van der Waals surface area contributed by atoms with E-state index in [-0.39, 0.29) is 0 Å². The van der Waals surface area contributed by atoms with E-state index in [1.807, 2.05) is 32.2 Å². The zero-order chi connectivity index (χ0) is 13.1. The molecule has 1 atom stereocenters. The minimum atomic E-state index is -0.527. The first-order valence-corrected chi connectivity index (χ1v) is 5.96. The molecule has 0 bridgehead atoms. The average Bonchev–Trinajstić information content (AvgIpc) is 2.75. The minimum absolute atomic E-state index is 0.527. The van der Waals surface area contributed by atoms with Crippen molar-refractivity contribution in [1.82, 2.24) is 4.98 Å². The molecule has 0 aliphatic rings. The summed E-state index contributed by atoms with van der Waals surface area (Å²) >= 11 is 0. The summed E-state index contributed by atoms with van der Waals surface area (Å²) in [4.78, 5) is 6.33. The van der Waals surface area contributed by atoms with Gasteiger partial charge < -0.3 is 14.4 Å². The number of anilines is 1. The van der Waals surface area contributed by atoms with E-state index in [0.29, 0.717) is 5.69 Å². The highest BCUT2D eigenvalue weighted by molar-refractivity contribution is 5.44. The largest absolute Gasteiger partial charge is 0.469 e. The lowest BCUT2D eigenvalue weighted by molar-refractivity contribution is 0.194. The first kappa shape index (κ1) is 12.6. The summed E-state index contributed by atoms with van der Waals surface area (Å²) in [5.74, 6) is 0.940. The van der Waals surface area contributed by atoms with Crippen molar-refractivity contribution in [3.63, 3.8) is 0 Å². The molecule has 0 spiro atoms. The van der Waals surface area contributed by atoms with Gasteiger partial charge in [0.15, 0.2) is 0 Å². The van der Waals surface area contributed by atoms with Crippen LogP contribution < -0.4 is 4.90 Å². The third-order valence-corrected chi connectivity index (χ3v) is 3.01. The molecule has 0 aliphatic carbocycles. The maximum Gasteiger partial charge on any atom is 0.105 e. The molecule has 4 nitrogen and oxygen atoms in total. The van der Waals surface area contributed by atoms with E-state index in [0.717, 1.165) is 23.6 Å². The van der Waals surface area contributed by atoms with Gasteiger partial charge in [0.25, 0.3) is 0 Å². The highest BCUT2D eigenvalue weighted by Crippen LogP contribution is 2.18. The Morgan fingerprint density at radius 1 is 1.39 bits per heavy atom. The van der Waals surface area contributed by atoms with Gasteiger partial charge in [-0.1, -0.05) is 0 Å². The molecule has 0 saturated heterocycles. The monoisotopic (exact) mass is 246 g/mol. The normalized spacial score (nSPS) is 12.4. The lowest BCUT2D eigenvalue weighted by Gasteiger charge is -2.19. The summed E-state index contributed by atoms with van der Waals surface area (Å²) < 4.78 is 5.28. The van der Waals surface area contributed by atoms with Crippen molar-refractivity contribution in [2.45, 2.75) is 26.5 Å². The standard InChI is InChI=1S/C14H18N2O2/c1-10(17)14-5-4-13(8-15-14)16(3)9-12-6-7-18-11(12)2/h4-8,10,17H,9H2,1-3H3/t10-/m1/s1. The van der Waals surface area contributed by atoms with Crippen molar-refractivity contribution >= 4 is 5.69 Å². The maximum absolute atomic E-state index is 9.41. The number of aliphatic hydroxyl groups excluding tert-OH is 1. The van der Waals surface area contributed by atoms with Crippen molar-refractivity contribution < 1.29 is 9.52 Å². The fraction of sp³-hybridized carbons (Fsp3) is 0.357. The van der Waals surface area contributed by atoms with E-state index < -0.39 is 6.10 Å². The number of hydrogen-bond donors (Lipinski definition) is 1. The molecule has 2 aromatic heterocycles. The first-order chi connectivity index (χ1) is 8.58. The van der Waals surface area contributed by atoms with E-state index in [2.05, 4.69) is 9.88 Å². The Kier molecular flexibility index (Phi) is 3.67. The second-order valence-electron chi connectivity index (χ2n) is 4.48. The van der Waals surface area contributed by atoms with Crippen LogP contribution in [0.1, 0.15) is 30.0 Å². The summed E-state index contributed by atoms with van der Waals surface area (Å²) in [6.07, 6.45) is 2.95. The fourth-order valence-electron chi connectivity index (χ4n) is 1.79. The molecule has 4 heteroatoms. The van der Waals surface area contributed by atoms with E-state index in [4.69, 9.17) is 4.42 Å². The number of hydrogen-bond acceptors (Lipinski definition) is 4. The number of furan rings is 1. The molecule has 2 aromatic rings. The summed E-state index contributed by atoms with van der Waals surface area (Å²) in [7, 11) is 2.01. The Labute approximate surface area is 107 Å². The fourth-order valence-corrected chi connectivity index (χ4v) is 1.79. The Morgan fingerprint density at radius 2 is 2.17 bits per heavy atom. The number of nitrogens with zero attached hydrogens (tertiary/aromatic N) is 2. The van der Waals surface area contributed by atoms with Crippen LogP contribution in [0.15, 0.2) is 35.1 Å². The molecule has 0 aliphatic heterocycles. The van der Waals surface area contributed by atoms with Crippen LogP contribution >= 0.6 is 0 Å². The molecule has 0 fully saturated rings. The molecule has 0 aromatic carbocycles. The van der Waals surface area contributed by atoms with Crippen molar-refractivity contribution in [3.8, 4) is 0 Å². The molecule has 96 valence electrons. The van der Waals surface area contributed by atoms with E-state index in [1.54, 1.807) is 19.4 Å². The van der Waals surface area contributed by atoms with Crippen LogP contribution in [-0.2, 0) is 6.54 Å². The molecule has 0 unspecified atom stereocenters. The van der Waals surface area contributed by atoms with Crippen molar-refractivity contribution in [2.75, 3.05) is 11.9 Å². The lowest BCUT2D eigenvalue weighted by Crippen LogP contribution is -2.16. The second-order valence-corrected chi connectivity index (χ2v) is 4.48. The van der Waals surface area contributed by atoms with E-state index >= 15 is 0 Å². The smallest absolute Gasteiger partial charge is 0.105 e. The topological polar surface area (TPSA) is 49.5 Å². The molecule has 0 amide bonds. The van der Waals surface area contributed by atoms with Gasteiger partial charge in [0.05, 0.1) is 29.9 Å². The van der Waals surface area contributed by atoms with Crippen LogP contribution in [0.2, 0.25) is 0 Å². The Balaban J connectivity index is 2.09. The predicted molar refractivity (Wildman–Crippen MR) is 70.4 cm³/mol. The van der Waals surface area contributed by atoms with Crippen LogP contribution in [0.25, 0.3) is 0 Å². The number of aryl methyl sites for hydroxylation is 1. The molecular formula is C14H18N2O2. The first-order valence-electron chi connectivity index (χ1n) is 5.96. The Bertz CT molecular complexity index is 503. The lowest BCUT2D eigenvalue weighted by atomic mass is 10.2. The zero-order valence-electron chi connectivity index (χ0n) is 10.9. The van der Waals surface area contributed by atoms with Gasteiger partial charge in [0, 0.05) is 19.2 Å². The molecule has 2 rings (SSSR count). The third kappa shape index (κ3) is 2.71. The Morgan fingerprint density at radius 3 is 2.67 bits per heavy atom. The maximum atomic E-state index is 9.41. The van der Waals surface area contributed by atoms with Crippen molar-refractivity contribution in [1.29, 1.82) is 0 Å². The highest BCUT2D eigenvalue weighted by Gasteiger charge is 2.08. The van der Waals surface area contributed by atoms with Gasteiger partial charge in [-0.15, -0.1) is 0 Å². The number of aliphatic hydroxyl groups is 1. The van der Waals surface area contributed by atoms with Crippen LogP contribution in [0, 0.1) is 6.92 Å². The van der Waals surface area contributed by atoms with Gasteiger partial charge in [-0.3, -0.25) is 4.98 Å².